The molecule has 2 aromatic heterocycles. The number of pyridine rings is 1. The Morgan fingerprint density at radius 2 is 1.89 bits per heavy atom. The van der Waals surface area contributed by atoms with E-state index in [9.17, 15) is 0 Å². The number of halogens is 1. The van der Waals surface area contributed by atoms with Gasteiger partial charge in [0.15, 0.2) is 0 Å². The minimum absolute atomic E-state index is 0.115. The maximum atomic E-state index is 9.00. The van der Waals surface area contributed by atoms with Crippen LogP contribution in [-0.2, 0) is 0 Å². The van der Waals surface area contributed by atoms with Gasteiger partial charge in [0, 0.05) is 47.9 Å². The maximum Gasteiger partial charge on any atom is 0.225 e. The number of aromatic nitrogens is 3. The number of nitrogens with zero attached hydrogens (tertiary/aromatic N) is 3. The van der Waals surface area contributed by atoms with E-state index < -0.39 is 0 Å². The summed E-state index contributed by atoms with van der Waals surface area (Å²) in [7, 11) is 0. The van der Waals surface area contributed by atoms with Crippen molar-refractivity contribution in [2.45, 2.75) is 20.3 Å². The molecular weight excluding hydrogens is 362 g/mol. The largest absolute Gasteiger partial charge is 0.396 e. The lowest BCUT2D eigenvalue weighted by molar-refractivity contribution is 0.292. The molecule has 0 spiro atoms. The molecule has 0 saturated heterocycles. The number of hydrogen-bond acceptors (Lipinski definition) is 6. The number of nitrogens with one attached hydrogen (secondary N) is 2. The molecule has 1 aromatic carbocycles. The summed E-state index contributed by atoms with van der Waals surface area (Å²) in [4.78, 5) is 13.3. The van der Waals surface area contributed by atoms with E-state index in [-0.39, 0.29) is 6.61 Å². The van der Waals surface area contributed by atoms with Crippen molar-refractivity contribution < 1.29 is 5.11 Å². The van der Waals surface area contributed by atoms with E-state index in [0.717, 1.165) is 28.1 Å². The molecule has 0 aliphatic rings. The van der Waals surface area contributed by atoms with Crippen LogP contribution in [0.15, 0.2) is 42.7 Å². The fourth-order valence-corrected chi connectivity index (χ4v) is 3.09. The van der Waals surface area contributed by atoms with Gasteiger partial charge in [-0.1, -0.05) is 11.6 Å². The van der Waals surface area contributed by atoms with Crippen molar-refractivity contribution >= 4 is 29.1 Å². The number of aryl methyl sites for hydroxylation is 2. The Morgan fingerprint density at radius 1 is 1.11 bits per heavy atom. The van der Waals surface area contributed by atoms with Gasteiger partial charge in [0.1, 0.15) is 5.82 Å². The van der Waals surface area contributed by atoms with Crippen LogP contribution in [0.3, 0.4) is 0 Å². The van der Waals surface area contributed by atoms with Gasteiger partial charge in [-0.3, -0.25) is 4.98 Å². The van der Waals surface area contributed by atoms with Gasteiger partial charge in [-0.25, -0.2) is 4.98 Å². The number of anilines is 3. The molecule has 7 heteroatoms. The van der Waals surface area contributed by atoms with Crippen LogP contribution in [0, 0.1) is 13.8 Å². The van der Waals surface area contributed by atoms with E-state index in [2.05, 4.69) is 25.6 Å². The fourth-order valence-electron chi connectivity index (χ4n) is 2.77. The molecule has 0 radical (unpaired) electrons. The lowest BCUT2D eigenvalue weighted by Gasteiger charge is -2.15. The van der Waals surface area contributed by atoms with Gasteiger partial charge in [0.2, 0.25) is 5.95 Å². The first-order chi connectivity index (χ1) is 13.1. The van der Waals surface area contributed by atoms with Crippen LogP contribution < -0.4 is 10.6 Å². The molecule has 0 bridgehead atoms. The van der Waals surface area contributed by atoms with Crippen molar-refractivity contribution in [2.24, 2.45) is 0 Å². The molecule has 140 valence electrons. The highest BCUT2D eigenvalue weighted by Crippen LogP contribution is 2.29. The van der Waals surface area contributed by atoms with E-state index in [4.69, 9.17) is 16.7 Å². The molecule has 27 heavy (non-hydrogen) atoms. The molecule has 3 rings (SSSR count). The molecule has 3 aromatic rings. The zero-order valence-electron chi connectivity index (χ0n) is 15.3. The third kappa shape index (κ3) is 4.93. The van der Waals surface area contributed by atoms with E-state index in [1.165, 1.54) is 0 Å². The zero-order chi connectivity index (χ0) is 19.2. The standard InChI is InChI=1S/C20H22ClN5O/c1-13-9-16(21)10-14(2)19(13)25-18-11-17(15-5-3-6-22-12-15)24-20(26-18)23-7-4-8-27/h3,5-6,9-12,27H,4,7-8H2,1-2H3,(H2,23,24,25,26). The molecule has 0 amide bonds. The SMILES string of the molecule is Cc1cc(Cl)cc(C)c1Nc1cc(-c2cccnc2)nc(NCCCO)n1. The summed E-state index contributed by atoms with van der Waals surface area (Å²) < 4.78 is 0. The number of aliphatic hydroxyl groups is 1. The molecule has 6 nitrogen and oxygen atoms in total. The van der Waals surface area contributed by atoms with Crippen molar-refractivity contribution in [3.05, 3.63) is 58.9 Å². The first kappa shape index (κ1) is 19.1. The quantitative estimate of drug-likeness (QED) is 0.526. The van der Waals surface area contributed by atoms with Gasteiger partial charge in [-0.15, -0.1) is 0 Å². The van der Waals surface area contributed by atoms with Gasteiger partial charge in [-0.05, 0) is 55.7 Å². The molecule has 0 fully saturated rings. The molecule has 0 unspecified atom stereocenters. The Labute approximate surface area is 163 Å². The van der Waals surface area contributed by atoms with Gasteiger partial charge in [0.05, 0.1) is 5.69 Å². The van der Waals surface area contributed by atoms with Crippen LogP contribution in [0.2, 0.25) is 5.02 Å². The van der Waals surface area contributed by atoms with Crippen LogP contribution in [0.4, 0.5) is 17.5 Å². The summed E-state index contributed by atoms with van der Waals surface area (Å²) in [5.74, 6) is 1.17. The Kier molecular flexibility index (Phi) is 6.21. The first-order valence-corrected chi connectivity index (χ1v) is 9.12. The number of aliphatic hydroxyl groups excluding tert-OH is 1. The summed E-state index contributed by atoms with van der Waals surface area (Å²) in [5.41, 5.74) is 4.71. The van der Waals surface area contributed by atoms with Gasteiger partial charge in [0.25, 0.3) is 0 Å². The van der Waals surface area contributed by atoms with Gasteiger partial charge >= 0.3 is 0 Å². The summed E-state index contributed by atoms with van der Waals surface area (Å²) in [6, 6.07) is 9.55. The molecule has 0 saturated carbocycles. The Balaban J connectivity index is 1.97. The lowest BCUT2D eigenvalue weighted by atomic mass is 10.1. The van der Waals surface area contributed by atoms with Crippen molar-refractivity contribution in [3.8, 4) is 11.3 Å². The summed E-state index contributed by atoms with van der Waals surface area (Å²) in [6.07, 6.45) is 4.12. The Bertz CT molecular complexity index is 894. The third-order valence-electron chi connectivity index (χ3n) is 4.05. The normalized spacial score (nSPS) is 10.7. The van der Waals surface area contributed by atoms with Crippen LogP contribution in [-0.4, -0.2) is 33.2 Å². The van der Waals surface area contributed by atoms with Gasteiger partial charge < -0.3 is 15.7 Å². The highest BCUT2D eigenvalue weighted by atomic mass is 35.5. The topological polar surface area (TPSA) is 83.0 Å². The van der Waals surface area contributed by atoms with E-state index in [1.54, 1.807) is 12.4 Å². The Morgan fingerprint density at radius 3 is 2.56 bits per heavy atom. The monoisotopic (exact) mass is 383 g/mol. The summed E-state index contributed by atoms with van der Waals surface area (Å²) >= 11 is 6.14. The molecule has 0 aliphatic heterocycles. The summed E-state index contributed by atoms with van der Waals surface area (Å²) in [6.45, 7) is 4.71. The second kappa shape index (κ2) is 8.79. The maximum absolute atomic E-state index is 9.00. The predicted molar refractivity (Wildman–Crippen MR) is 110 cm³/mol. The van der Waals surface area contributed by atoms with Crippen LogP contribution in [0.5, 0.6) is 0 Å². The third-order valence-corrected chi connectivity index (χ3v) is 4.27. The average molecular weight is 384 g/mol. The molecule has 0 aliphatic carbocycles. The number of rotatable bonds is 7. The molecule has 3 N–H and O–H groups in total. The lowest BCUT2D eigenvalue weighted by Crippen LogP contribution is -2.09. The second-order valence-electron chi connectivity index (χ2n) is 6.25. The number of benzene rings is 1. The first-order valence-electron chi connectivity index (χ1n) is 8.75. The van der Waals surface area contributed by atoms with Crippen LogP contribution >= 0.6 is 11.6 Å². The number of hydrogen-bond donors (Lipinski definition) is 3. The van der Waals surface area contributed by atoms with Crippen LogP contribution in [0.1, 0.15) is 17.5 Å². The van der Waals surface area contributed by atoms with E-state index in [1.807, 2.05) is 44.2 Å². The fraction of sp³-hybridized carbons (Fsp3) is 0.250. The van der Waals surface area contributed by atoms with Crippen molar-refractivity contribution in [1.29, 1.82) is 0 Å². The van der Waals surface area contributed by atoms with Crippen molar-refractivity contribution in [2.75, 3.05) is 23.8 Å². The van der Waals surface area contributed by atoms with Crippen molar-refractivity contribution in [3.63, 3.8) is 0 Å². The summed E-state index contributed by atoms with van der Waals surface area (Å²) in [5, 5.41) is 16.3. The minimum Gasteiger partial charge on any atom is -0.396 e. The Hall–Kier alpha value is -2.70. The smallest absolute Gasteiger partial charge is 0.225 e. The minimum atomic E-state index is 0.115. The highest BCUT2D eigenvalue weighted by Gasteiger charge is 2.10. The van der Waals surface area contributed by atoms with E-state index >= 15 is 0 Å². The van der Waals surface area contributed by atoms with Crippen molar-refractivity contribution in [1.82, 2.24) is 15.0 Å². The van der Waals surface area contributed by atoms with E-state index in [0.29, 0.717) is 29.8 Å². The molecule has 2 heterocycles. The van der Waals surface area contributed by atoms with Gasteiger partial charge in [-0.2, -0.15) is 4.98 Å². The molecular formula is C20H22ClN5O. The van der Waals surface area contributed by atoms with Crippen LogP contribution in [0.25, 0.3) is 11.3 Å². The molecule has 0 atom stereocenters. The second-order valence-corrected chi connectivity index (χ2v) is 6.68. The zero-order valence-corrected chi connectivity index (χ0v) is 16.1. The highest BCUT2D eigenvalue weighted by molar-refractivity contribution is 6.30. The predicted octanol–water partition coefficient (Wildman–Crippen LogP) is 4.35. The average Bonchev–Trinajstić information content (AvgIpc) is 2.65.